The lowest BCUT2D eigenvalue weighted by molar-refractivity contribution is -0.0273. The molecule has 2 heteroatoms. The zero-order valence-electron chi connectivity index (χ0n) is 6.69. The summed E-state index contributed by atoms with van der Waals surface area (Å²) in [7, 11) is 2.02. The summed E-state index contributed by atoms with van der Waals surface area (Å²) in [6.07, 6.45) is 5.89. The minimum absolute atomic E-state index is 0.753. The Morgan fingerprint density at radius 3 is 2.30 bits per heavy atom. The Labute approximate surface area is 62.6 Å². The van der Waals surface area contributed by atoms with Gasteiger partial charge in [-0.15, -0.1) is 0 Å². The van der Waals surface area contributed by atoms with Crippen molar-refractivity contribution in [3.63, 3.8) is 0 Å². The monoisotopic (exact) mass is 140 g/mol. The van der Waals surface area contributed by atoms with Crippen LogP contribution in [0, 0.1) is 5.41 Å². The topological polar surface area (TPSA) is 15.3 Å². The third-order valence-electron chi connectivity index (χ3n) is 3.03. The van der Waals surface area contributed by atoms with Crippen LogP contribution < -0.4 is 5.43 Å². The first-order valence-corrected chi connectivity index (χ1v) is 4.27. The summed E-state index contributed by atoms with van der Waals surface area (Å²) in [5, 5.41) is 2.31. The molecule has 2 nitrogen and oxygen atoms in total. The van der Waals surface area contributed by atoms with Crippen LogP contribution in [0.2, 0.25) is 0 Å². The van der Waals surface area contributed by atoms with E-state index in [4.69, 9.17) is 0 Å². The van der Waals surface area contributed by atoms with E-state index in [1.807, 2.05) is 7.05 Å². The van der Waals surface area contributed by atoms with Gasteiger partial charge in [-0.1, -0.05) is 12.8 Å². The van der Waals surface area contributed by atoms with Crippen molar-refractivity contribution in [3.05, 3.63) is 0 Å². The highest BCUT2D eigenvalue weighted by molar-refractivity contribution is 4.95. The molecule has 0 atom stereocenters. The van der Waals surface area contributed by atoms with Crippen molar-refractivity contribution in [1.82, 2.24) is 10.4 Å². The first kappa shape index (κ1) is 6.62. The van der Waals surface area contributed by atoms with E-state index in [1.165, 1.54) is 38.8 Å². The van der Waals surface area contributed by atoms with Gasteiger partial charge < -0.3 is 0 Å². The van der Waals surface area contributed by atoms with E-state index in [0.717, 1.165) is 5.41 Å². The second-order valence-electron chi connectivity index (χ2n) is 3.79. The predicted molar refractivity (Wildman–Crippen MR) is 41.5 cm³/mol. The molecule has 10 heavy (non-hydrogen) atoms. The maximum absolute atomic E-state index is 3.19. The summed E-state index contributed by atoms with van der Waals surface area (Å²) < 4.78 is 0. The highest BCUT2D eigenvalue weighted by Crippen LogP contribution is 2.44. The molecule has 1 spiro atoms. The van der Waals surface area contributed by atoms with Crippen LogP contribution in [0.3, 0.4) is 0 Å². The minimum atomic E-state index is 0.753. The molecule has 1 aliphatic heterocycles. The van der Waals surface area contributed by atoms with Gasteiger partial charge in [0.1, 0.15) is 0 Å². The van der Waals surface area contributed by atoms with E-state index < -0.39 is 0 Å². The second kappa shape index (κ2) is 2.21. The van der Waals surface area contributed by atoms with Crippen LogP contribution in [0.1, 0.15) is 25.7 Å². The van der Waals surface area contributed by atoms with Crippen molar-refractivity contribution >= 4 is 0 Å². The molecular weight excluding hydrogens is 124 g/mol. The van der Waals surface area contributed by atoms with Crippen LogP contribution in [0.25, 0.3) is 0 Å². The average Bonchev–Trinajstić information content (AvgIpc) is 2.30. The highest BCUT2D eigenvalue weighted by Gasteiger charge is 2.43. The lowest BCUT2D eigenvalue weighted by Gasteiger charge is -2.47. The summed E-state index contributed by atoms with van der Waals surface area (Å²) in [6.45, 7) is 2.59. The van der Waals surface area contributed by atoms with Gasteiger partial charge >= 0.3 is 0 Å². The smallest absolute Gasteiger partial charge is 0.0200 e. The summed E-state index contributed by atoms with van der Waals surface area (Å²) in [6, 6.07) is 0. The molecular formula is C8H16N2. The molecule has 2 rings (SSSR count). The Kier molecular flexibility index (Phi) is 1.46. The highest BCUT2D eigenvalue weighted by atomic mass is 15.5. The largest absolute Gasteiger partial charge is 0.258 e. The summed E-state index contributed by atoms with van der Waals surface area (Å²) in [5.41, 5.74) is 3.94. The van der Waals surface area contributed by atoms with Gasteiger partial charge in [0, 0.05) is 13.1 Å². The van der Waals surface area contributed by atoms with E-state index in [2.05, 4.69) is 10.4 Å². The van der Waals surface area contributed by atoms with E-state index >= 15 is 0 Å². The minimum Gasteiger partial charge on any atom is -0.258 e. The summed E-state index contributed by atoms with van der Waals surface area (Å²) in [4.78, 5) is 0. The Morgan fingerprint density at radius 1 is 1.20 bits per heavy atom. The van der Waals surface area contributed by atoms with E-state index in [-0.39, 0.29) is 0 Å². The van der Waals surface area contributed by atoms with Crippen molar-refractivity contribution in [2.45, 2.75) is 25.7 Å². The summed E-state index contributed by atoms with van der Waals surface area (Å²) >= 11 is 0. The molecule has 1 aliphatic carbocycles. The third kappa shape index (κ3) is 0.867. The fraction of sp³-hybridized carbons (Fsp3) is 1.00. The third-order valence-corrected chi connectivity index (χ3v) is 3.03. The standard InChI is InChI=1S/C8H16N2/c1-9-10-6-8(7-10)4-2-3-5-8/h9H,2-7H2,1H3. The normalized spacial score (nSPS) is 30.9. The maximum atomic E-state index is 3.19. The molecule has 2 fully saturated rings. The Hall–Kier alpha value is -0.0800. The van der Waals surface area contributed by atoms with Crippen molar-refractivity contribution in [2.24, 2.45) is 5.41 Å². The van der Waals surface area contributed by atoms with Gasteiger partial charge in [0.25, 0.3) is 0 Å². The second-order valence-corrected chi connectivity index (χ2v) is 3.79. The SMILES string of the molecule is CNN1CC2(CCCC2)C1. The van der Waals surface area contributed by atoms with Crippen molar-refractivity contribution in [2.75, 3.05) is 20.1 Å². The van der Waals surface area contributed by atoms with Crippen LogP contribution in [-0.2, 0) is 0 Å². The van der Waals surface area contributed by atoms with Gasteiger partial charge in [-0.2, -0.15) is 0 Å². The number of hydrazine groups is 1. The molecule has 2 aliphatic rings. The molecule has 0 aromatic carbocycles. The Morgan fingerprint density at radius 2 is 1.80 bits per heavy atom. The fourth-order valence-corrected chi connectivity index (χ4v) is 2.36. The van der Waals surface area contributed by atoms with Crippen molar-refractivity contribution in [3.8, 4) is 0 Å². The van der Waals surface area contributed by atoms with Gasteiger partial charge in [-0.05, 0) is 25.3 Å². The van der Waals surface area contributed by atoms with Crippen molar-refractivity contribution in [1.29, 1.82) is 0 Å². The van der Waals surface area contributed by atoms with Crippen LogP contribution >= 0.6 is 0 Å². The van der Waals surface area contributed by atoms with Crippen LogP contribution in [0.4, 0.5) is 0 Å². The Balaban J connectivity index is 1.86. The van der Waals surface area contributed by atoms with Crippen LogP contribution in [0.5, 0.6) is 0 Å². The molecule has 0 unspecified atom stereocenters. The first-order chi connectivity index (χ1) is 4.85. The number of nitrogens with zero attached hydrogens (tertiary/aromatic N) is 1. The molecule has 58 valence electrons. The Bertz CT molecular complexity index is 119. The maximum Gasteiger partial charge on any atom is 0.0200 e. The molecule has 1 heterocycles. The van der Waals surface area contributed by atoms with Gasteiger partial charge in [0.2, 0.25) is 0 Å². The quantitative estimate of drug-likeness (QED) is 0.584. The van der Waals surface area contributed by atoms with Gasteiger partial charge in [-0.3, -0.25) is 5.43 Å². The molecule has 1 N–H and O–H groups in total. The molecule has 1 saturated carbocycles. The van der Waals surface area contributed by atoms with Crippen LogP contribution in [-0.4, -0.2) is 25.1 Å². The predicted octanol–water partition coefficient (Wildman–Crippen LogP) is 0.997. The van der Waals surface area contributed by atoms with E-state index in [1.54, 1.807) is 0 Å². The van der Waals surface area contributed by atoms with Gasteiger partial charge in [0.05, 0.1) is 0 Å². The first-order valence-electron chi connectivity index (χ1n) is 4.27. The molecule has 0 radical (unpaired) electrons. The van der Waals surface area contributed by atoms with Gasteiger partial charge in [0.15, 0.2) is 0 Å². The average molecular weight is 140 g/mol. The fourth-order valence-electron chi connectivity index (χ4n) is 2.36. The number of hydrogen-bond donors (Lipinski definition) is 1. The number of rotatable bonds is 1. The molecule has 0 bridgehead atoms. The number of hydrogen-bond acceptors (Lipinski definition) is 2. The lowest BCUT2D eigenvalue weighted by atomic mass is 9.79. The molecule has 0 aromatic heterocycles. The zero-order valence-corrected chi connectivity index (χ0v) is 6.69. The van der Waals surface area contributed by atoms with E-state index in [0.29, 0.717) is 0 Å². The molecule has 0 aromatic rings. The zero-order chi connectivity index (χ0) is 7.03. The van der Waals surface area contributed by atoms with E-state index in [9.17, 15) is 0 Å². The summed E-state index contributed by atoms with van der Waals surface area (Å²) in [5.74, 6) is 0. The van der Waals surface area contributed by atoms with Gasteiger partial charge in [-0.25, -0.2) is 5.01 Å². The molecule has 0 amide bonds. The number of nitrogens with one attached hydrogen (secondary N) is 1. The van der Waals surface area contributed by atoms with Crippen molar-refractivity contribution < 1.29 is 0 Å². The molecule has 1 saturated heterocycles. The lowest BCUT2D eigenvalue weighted by Crippen LogP contribution is -2.59. The van der Waals surface area contributed by atoms with Crippen LogP contribution in [0.15, 0.2) is 0 Å².